The molecule has 0 aliphatic carbocycles. The van der Waals surface area contributed by atoms with Crippen LogP contribution in [-0.4, -0.2) is 30.1 Å². The van der Waals surface area contributed by atoms with Gasteiger partial charge in [-0.2, -0.15) is 17.0 Å². The van der Waals surface area contributed by atoms with Crippen molar-refractivity contribution in [3.63, 3.8) is 0 Å². The summed E-state index contributed by atoms with van der Waals surface area (Å²) in [6.45, 7) is 1.37. The molecule has 0 N–H and O–H groups in total. The summed E-state index contributed by atoms with van der Waals surface area (Å²) in [6, 6.07) is 29.5. The Hall–Kier alpha value is -2.99. The lowest BCUT2D eigenvalue weighted by Gasteiger charge is -2.27. The van der Waals surface area contributed by atoms with Gasteiger partial charge in [0.15, 0.2) is 0 Å². The summed E-state index contributed by atoms with van der Waals surface area (Å²) in [7, 11) is -3.63. The molecule has 0 unspecified atom stereocenters. The van der Waals surface area contributed by atoms with Crippen LogP contribution in [0.5, 0.6) is 0 Å². The molecular weight excluding hydrogens is 404 g/mol. The first kappa shape index (κ1) is 21.2. The lowest BCUT2D eigenvalue weighted by Crippen LogP contribution is -2.42. The molecule has 1 heterocycles. The molecule has 158 valence electrons. The zero-order valence-corrected chi connectivity index (χ0v) is 18.2. The van der Waals surface area contributed by atoms with Gasteiger partial charge in [-0.05, 0) is 22.3 Å². The Morgan fingerprint density at radius 1 is 0.677 bits per heavy atom. The summed E-state index contributed by atoms with van der Waals surface area (Å²) in [5, 5.41) is 0. The van der Waals surface area contributed by atoms with Gasteiger partial charge in [-0.15, -0.1) is 0 Å². The fourth-order valence-electron chi connectivity index (χ4n) is 3.57. The Kier molecular flexibility index (Phi) is 6.77. The van der Waals surface area contributed by atoms with Crippen LogP contribution in [0.2, 0.25) is 0 Å². The average molecular weight is 431 g/mol. The molecule has 0 saturated carbocycles. The Labute approximate surface area is 184 Å². The Bertz CT molecular complexity index is 1140. The molecule has 31 heavy (non-hydrogen) atoms. The Morgan fingerprint density at radius 2 is 1.19 bits per heavy atom. The normalized spacial score (nSPS) is 17.4. The van der Waals surface area contributed by atoms with Crippen LogP contribution >= 0.6 is 0 Å². The second-order valence-corrected chi connectivity index (χ2v) is 9.49. The molecule has 3 aromatic carbocycles. The van der Waals surface area contributed by atoms with Crippen molar-refractivity contribution < 1.29 is 8.42 Å². The maximum atomic E-state index is 13.6. The topological polar surface area (TPSA) is 40.6 Å². The molecule has 0 bridgehead atoms. The standard InChI is InChI=1S/C26H26N2O2S/c29-31(30)27(20-24-12-6-2-7-13-24)19-18-26(17-16-23-10-4-1-5-11-23)22-28(31)21-25-14-8-3-9-15-25/h1-18H,19-22H2/b17-16+. The SMILES string of the molecule is O=S1(=O)N(Cc2ccccc2)CC=C(/C=C/c2ccccc2)CN1Cc1ccccc1. The van der Waals surface area contributed by atoms with Gasteiger partial charge in [-0.3, -0.25) is 0 Å². The molecule has 1 aliphatic rings. The number of hydrogen-bond donors (Lipinski definition) is 0. The zero-order valence-electron chi connectivity index (χ0n) is 17.3. The van der Waals surface area contributed by atoms with E-state index in [0.717, 1.165) is 22.3 Å². The molecule has 4 nitrogen and oxygen atoms in total. The van der Waals surface area contributed by atoms with Crippen molar-refractivity contribution >= 4 is 16.3 Å². The minimum Gasteiger partial charge on any atom is -0.195 e. The van der Waals surface area contributed by atoms with Crippen LogP contribution in [-0.2, 0) is 23.3 Å². The predicted molar refractivity (Wildman–Crippen MR) is 126 cm³/mol. The summed E-state index contributed by atoms with van der Waals surface area (Å²) in [5.41, 5.74) is 4.02. The van der Waals surface area contributed by atoms with Crippen LogP contribution in [0.1, 0.15) is 16.7 Å². The van der Waals surface area contributed by atoms with Gasteiger partial charge in [0, 0.05) is 26.2 Å². The fraction of sp³-hybridized carbons (Fsp3) is 0.154. The minimum atomic E-state index is -3.63. The molecule has 3 aromatic rings. The first-order valence-electron chi connectivity index (χ1n) is 10.4. The van der Waals surface area contributed by atoms with E-state index in [-0.39, 0.29) is 0 Å². The first-order valence-corrected chi connectivity index (χ1v) is 11.8. The van der Waals surface area contributed by atoms with Crippen molar-refractivity contribution in [1.82, 2.24) is 8.61 Å². The third-order valence-electron chi connectivity index (χ3n) is 5.26. The molecule has 4 rings (SSSR count). The van der Waals surface area contributed by atoms with E-state index in [1.54, 1.807) is 8.61 Å². The first-order chi connectivity index (χ1) is 15.1. The molecule has 5 heteroatoms. The molecule has 0 radical (unpaired) electrons. The van der Waals surface area contributed by atoms with Gasteiger partial charge in [0.25, 0.3) is 10.2 Å². The second kappa shape index (κ2) is 9.88. The van der Waals surface area contributed by atoms with E-state index in [1.165, 1.54) is 0 Å². The highest BCUT2D eigenvalue weighted by Crippen LogP contribution is 2.22. The fourth-order valence-corrected chi connectivity index (χ4v) is 5.10. The number of hydrogen-bond acceptors (Lipinski definition) is 2. The van der Waals surface area contributed by atoms with E-state index in [9.17, 15) is 8.42 Å². The van der Waals surface area contributed by atoms with E-state index in [2.05, 4.69) is 0 Å². The van der Waals surface area contributed by atoms with Crippen molar-refractivity contribution in [1.29, 1.82) is 0 Å². The summed E-state index contributed by atoms with van der Waals surface area (Å²) < 4.78 is 30.2. The lowest BCUT2D eigenvalue weighted by atomic mass is 10.1. The predicted octanol–water partition coefficient (Wildman–Crippen LogP) is 4.89. The highest BCUT2D eigenvalue weighted by molar-refractivity contribution is 7.86. The van der Waals surface area contributed by atoms with Gasteiger partial charge in [0.1, 0.15) is 0 Å². The maximum Gasteiger partial charge on any atom is 0.283 e. The molecule has 0 amide bonds. The van der Waals surface area contributed by atoms with Gasteiger partial charge in [-0.25, -0.2) is 0 Å². The van der Waals surface area contributed by atoms with E-state index in [1.807, 2.05) is 109 Å². The van der Waals surface area contributed by atoms with Gasteiger partial charge >= 0.3 is 0 Å². The van der Waals surface area contributed by atoms with E-state index in [0.29, 0.717) is 26.2 Å². The Balaban J connectivity index is 1.63. The van der Waals surface area contributed by atoms with Gasteiger partial charge in [0.05, 0.1) is 0 Å². The number of nitrogens with zero attached hydrogens (tertiary/aromatic N) is 2. The average Bonchev–Trinajstić information content (AvgIpc) is 2.91. The number of benzene rings is 3. The zero-order chi connectivity index (χ0) is 21.5. The molecule has 0 saturated heterocycles. The van der Waals surface area contributed by atoms with Crippen molar-refractivity contribution in [2.45, 2.75) is 13.1 Å². The van der Waals surface area contributed by atoms with E-state index >= 15 is 0 Å². The summed E-state index contributed by atoms with van der Waals surface area (Å²) in [6.07, 6.45) is 6.08. The van der Waals surface area contributed by atoms with Crippen LogP contribution in [0.3, 0.4) is 0 Å². The van der Waals surface area contributed by atoms with Crippen LogP contribution in [0.15, 0.2) is 109 Å². The van der Waals surface area contributed by atoms with Crippen LogP contribution in [0, 0.1) is 0 Å². The van der Waals surface area contributed by atoms with Crippen LogP contribution in [0.4, 0.5) is 0 Å². The van der Waals surface area contributed by atoms with Crippen LogP contribution < -0.4 is 0 Å². The lowest BCUT2D eigenvalue weighted by molar-refractivity contribution is 0.362. The molecular formula is C26H26N2O2S. The molecule has 0 spiro atoms. The maximum absolute atomic E-state index is 13.6. The molecule has 0 aromatic heterocycles. The van der Waals surface area contributed by atoms with E-state index in [4.69, 9.17) is 0 Å². The summed E-state index contributed by atoms with van der Waals surface area (Å²) in [4.78, 5) is 0. The monoisotopic (exact) mass is 430 g/mol. The van der Waals surface area contributed by atoms with Crippen molar-refractivity contribution in [2.24, 2.45) is 0 Å². The van der Waals surface area contributed by atoms with Gasteiger partial charge in [-0.1, -0.05) is 109 Å². The van der Waals surface area contributed by atoms with Crippen molar-refractivity contribution in [3.8, 4) is 0 Å². The van der Waals surface area contributed by atoms with Crippen LogP contribution in [0.25, 0.3) is 6.08 Å². The third-order valence-corrected chi connectivity index (χ3v) is 7.10. The van der Waals surface area contributed by atoms with E-state index < -0.39 is 10.2 Å². The summed E-state index contributed by atoms with van der Waals surface area (Å²) >= 11 is 0. The smallest absolute Gasteiger partial charge is 0.195 e. The molecule has 1 aliphatic heterocycles. The Morgan fingerprint density at radius 3 is 1.77 bits per heavy atom. The summed E-state index contributed by atoms with van der Waals surface area (Å²) in [5.74, 6) is 0. The third kappa shape index (κ3) is 5.58. The number of rotatable bonds is 6. The van der Waals surface area contributed by atoms with Gasteiger partial charge in [0.2, 0.25) is 0 Å². The highest BCUT2D eigenvalue weighted by atomic mass is 32.2. The molecule has 0 atom stereocenters. The molecule has 0 fully saturated rings. The van der Waals surface area contributed by atoms with Crippen molar-refractivity contribution in [3.05, 3.63) is 125 Å². The largest absolute Gasteiger partial charge is 0.283 e. The quantitative estimate of drug-likeness (QED) is 0.559. The van der Waals surface area contributed by atoms with Crippen molar-refractivity contribution in [2.75, 3.05) is 13.1 Å². The second-order valence-electron chi connectivity index (χ2n) is 7.56. The highest BCUT2D eigenvalue weighted by Gasteiger charge is 2.32. The van der Waals surface area contributed by atoms with Gasteiger partial charge < -0.3 is 0 Å². The minimum absolute atomic E-state index is 0.338.